The first-order valence-electron chi connectivity index (χ1n) is 14.3. The summed E-state index contributed by atoms with van der Waals surface area (Å²) in [7, 11) is 0. The van der Waals surface area contributed by atoms with Crippen LogP contribution in [-0.4, -0.2) is 31.1 Å². The Bertz CT molecular complexity index is 1460. The third-order valence-electron chi connectivity index (χ3n) is 5.94. The first kappa shape index (κ1) is 89.1. The van der Waals surface area contributed by atoms with Crippen molar-refractivity contribution in [2.45, 2.75) is 59.8 Å². The minimum Gasteiger partial charge on any atom is -0.455 e. The molecule has 5 aliphatic rings. The molecule has 5 aromatic rings. The Balaban J connectivity index is -0.0000000489. The van der Waals surface area contributed by atoms with Crippen molar-refractivity contribution in [1.29, 1.82) is 0 Å². The van der Waals surface area contributed by atoms with Gasteiger partial charge in [-0.3, -0.25) is 0 Å². The molecule has 10 rings (SSSR count). The van der Waals surface area contributed by atoms with Gasteiger partial charge in [0.05, 0.1) is 0 Å². The van der Waals surface area contributed by atoms with Gasteiger partial charge in [-0.15, -0.1) is 27.8 Å². The Morgan fingerprint density at radius 3 is 0.569 bits per heavy atom. The van der Waals surface area contributed by atoms with Crippen LogP contribution in [0.1, 0.15) is 55.5 Å². The van der Waals surface area contributed by atoms with Gasteiger partial charge in [-0.25, -0.2) is 0 Å². The van der Waals surface area contributed by atoms with Crippen molar-refractivity contribution in [1.82, 2.24) is 0 Å². The van der Waals surface area contributed by atoms with E-state index in [-0.39, 0.29) is 271 Å². The number of hydrogen-bond acceptors (Lipinski definition) is 10. The topological polar surface area (TPSA) is 61.8 Å². The molecule has 5 radical (unpaired) electrons. The summed E-state index contributed by atoms with van der Waals surface area (Å²) in [6.07, 6.45) is 19.1. The number of hydrogen-bond donors (Lipinski definition) is 0. The minimum atomic E-state index is 0. The van der Waals surface area contributed by atoms with Gasteiger partial charge in [0.2, 0.25) is 0 Å². The van der Waals surface area contributed by atoms with E-state index in [0.717, 1.165) is 60.5 Å². The van der Waals surface area contributed by atoms with E-state index in [1.807, 2.05) is 27.7 Å². The summed E-state index contributed by atoms with van der Waals surface area (Å²) in [5, 5.41) is 20.9. The molecule has 0 atom stereocenters. The predicted molar refractivity (Wildman–Crippen MR) is 237 cm³/mol. The molecule has 0 spiro atoms. The largest absolute Gasteiger partial charge is 2.00 e. The van der Waals surface area contributed by atoms with Crippen molar-refractivity contribution in [3.8, 4) is 0 Å². The van der Waals surface area contributed by atoms with Crippen LogP contribution < -0.4 is 0 Å². The second kappa shape index (κ2) is 54.0. The fraction of sp³-hybridized carbons (Fsp3) is 0.225. The SMILES string of the molecule is CC.CC.[C-]1=Nc2cscc2C1.[C-]1=Nc2cscc2C1.[C-]1=Nc2cscc2C1.[C-]1=Nc2cscc2C1.[C-]1=Nc2cscc2C1.[CH3-].[CH3-].[CH3-].[CH3-].[CH3-].[CH3-].[W+2].[W+2].[W+2].[Y].[Y].[Y].[Y].[Y]. The van der Waals surface area contributed by atoms with Crippen molar-refractivity contribution in [3.63, 3.8) is 0 Å². The van der Waals surface area contributed by atoms with Gasteiger partial charge in [-0.05, 0) is 26.9 Å². The van der Waals surface area contributed by atoms with Crippen molar-refractivity contribution in [2.24, 2.45) is 25.0 Å². The first-order chi connectivity index (χ1) is 21.8. The standard InChI is InChI=1S/5C6H4NS.2C2H6.6CH3.3W.5Y/c5*1-2-7-6-4-8-3-5(1)6;2*1-2;;;;;;;;;;;;;;/h5*3-4H,1H2;2*1-2H3;6*1H3;;;;;;;;/q5*-1;;;6*-1;3*+2;;;;;. The second-order valence-electron chi connectivity index (χ2n) is 8.64. The zero-order valence-corrected chi connectivity index (χ0v) is 62.3. The molecular weight excluding hydrogens is 1710 g/mol. The van der Waals surface area contributed by atoms with Crippen LogP contribution in [-0.2, 0) is 259 Å². The molecule has 303 valence electrons. The molecule has 58 heavy (non-hydrogen) atoms. The van der Waals surface area contributed by atoms with Gasteiger partial charge in [-0.1, -0.05) is 115 Å². The Morgan fingerprint density at radius 1 is 0.310 bits per heavy atom. The van der Waals surface area contributed by atoms with Crippen LogP contribution in [0.2, 0.25) is 0 Å². The Morgan fingerprint density at radius 2 is 0.448 bits per heavy atom. The molecule has 10 heterocycles. The van der Waals surface area contributed by atoms with Gasteiger partial charge >= 0.3 is 63.2 Å². The average Bonchev–Trinajstić information content (AvgIpc) is 3.85. The maximum atomic E-state index is 4.02. The van der Waals surface area contributed by atoms with Crippen molar-refractivity contribution < 1.29 is 227 Å². The van der Waals surface area contributed by atoms with Gasteiger partial charge in [0.1, 0.15) is 0 Å². The maximum Gasteiger partial charge on any atom is 2.00 e. The molecular formula is C40H50N5S5W3Y5-5. The van der Waals surface area contributed by atoms with E-state index in [1.165, 1.54) is 27.8 Å². The Kier molecular flexibility index (Phi) is 83.0. The summed E-state index contributed by atoms with van der Waals surface area (Å²) < 4.78 is 0. The number of rotatable bonds is 0. The van der Waals surface area contributed by atoms with Gasteiger partial charge in [0.15, 0.2) is 0 Å². The molecule has 18 heteroatoms. The van der Waals surface area contributed by atoms with Crippen LogP contribution in [0, 0.1) is 44.6 Å². The molecule has 5 aliphatic heterocycles. The van der Waals surface area contributed by atoms with E-state index >= 15 is 0 Å². The van der Waals surface area contributed by atoms with Crippen LogP contribution in [0.4, 0.5) is 28.4 Å². The predicted octanol–water partition coefficient (Wildman–Crippen LogP) is 14.2. The van der Waals surface area contributed by atoms with E-state index < -0.39 is 0 Å². The fourth-order valence-electron chi connectivity index (χ4n) is 3.78. The Labute approximate surface area is 543 Å². The minimum absolute atomic E-state index is 0. The van der Waals surface area contributed by atoms with Gasteiger partial charge in [-0.2, -0.15) is 87.8 Å². The first-order valence-corrected chi connectivity index (χ1v) is 19.0. The third kappa shape index (κ3) is 29.9. The molecule has 5 aromatic heterocycles. The summed E-state index contributed by atoms with van der Waals surface area (Å²) in [5.41, 5.74) is 12.2. The number of fused-ring (bicyclic) bond motifs is 5. The number of nitrogens with zero attached hydrogens (tertiary/aromatic N) is 5. The van der Waals surface area contributed by atoms with E-state index in [0.29, 0.717) is 0 Å². The third-order valence-corrected chi connectivity index (χ3v) is 9.84. The van der Waals surface area contributed by atoms with Crippen molar-refractivity contribution in [2.75, 3.05) is 0 Å². The van der Waals surface area contributed by atoms with Gasteiger partial charge in [0.25, 0.3) is 0 Å². The van der Waals surface area contributed by atoms with E-state index in [1.54, 1.807) is 56.7 Å². The van der Waals surface area contributed by atoms with E-state index in [2.05, 4.69) is 110 Å². The van der Waals surface area contributed by atoms with Crippen LogP contribution in [0.15, 0.2) is 78.8 Å². The molecule has 0 aromatic carbocycles. The normalized spacial score (nSPS) is 10.2. The molecule has 0 amide bonds. The molecule has 0 saturated heterocycles. The molecule has 0 aliphatic carbocycles. The zero-order valence-electron chi connectivity index (χ0n) is 35.2. The molecule has 0 fully saturated rings. The smallest absolute Gasteiger partial charge is 0.455 e. The number of thiophene rings is 5. The van der Waals surface area contributed by atoms with Gasteiger partial charge in [0, 0.05) is 164 Å². The quantitative estimate of drug-likeness (QED) is 0.139. The van der Waals surface area contributed by atoms with Crippen LogP contribution in [0.25, 0.3) is 0 Å². The summed E-state index contributed by atoms with van der Waals surface area (Å²) in [6.45, 7) is 8.00. The number of aliphatic imine (C=N–C) groups is 5. The maximum absolute atomic E-state index is 4.02. The van der Waals surface area contributed by atoms with E-state index in [9.17, 15) is 0 Å². The van der Waals surface area contributed by atoms with Gasteiger partial charge < -0.3 is 69.5 Å². The Hall–Kier alpha value is 4.43. The molecule has 0 bridgehead atoms. The molecule has 0 unspecified atom stereocenters. The van der Waals surface area contributed by atoms with Crippen molar-refractivity contribution in [3.05, 3.63) is 126 Å². The average molecular weight is 1760 g/mol. The molecule has 5 nitrogen and oxygen atoms in total. The monoisotopic (exact) mass is 1760 g/mol. The van der Waals surface area contributed by atoms with Crippen LogP contribution in [0.3, 0.4) is 0 Å². The van der Waals surface area contributed by atoms with Crippen LogP contribution in [0.5, 0.6) is 0 Å². The second-order valence-corrected chi connectivity index (χ2v) is 12.4. The summed E-state index contributed by atoms with van der Waals surface area (Å²) in [5.74, 6) is 0. The summed E-state index contributed by atoms with van der Waals surface area (Å²) >= 11 is 8.54. The summed E-state index contributed by atoms with van der Waals surface area (Å²) in [4.78, 5) is 20.1. The van der Waals surface area contributed by atoms with E-state index in [4.69, 9.17) is 0 Å². The zero-order chi connectivity index (χ0) is 31.0. The fourth-order valence-corrected chi connectivity index (χ4v) is 7.63. The van der Waals surface area contributed by atoms with Crippen molar-refractivity contribution >= 4 is 116 Å². The van der Waals surface area contributed by atoms with Crippen LogP contribution >= 0.6 is 56.7 Å². The molecule has 0 saturated carbocycles. The summed E-state index contributed by atoms with van der Waals surface area (Å²) in [6, 6.07) is 0. The molecule has 0 N–H and O–H groups in total.